The van der Waals surface area contributed by atoms with Crippen LogP contribution in [0.4, 0.5) is 14.5 Å². The molecule has 0 amide bonds. The van der Waals surface area contributed by atoms with Gasteiger partial charge >= 0.3 is 0 Å². The Balaban J connectivity index is 0.00000256. The number of hydrogen-bond acceptors (Lipinski definition) is 4. The van der Waals surface area contributed by atoms with Crippen molar-refractivity contribution in [3.05, 3.63) is 23.8 Å². The van der Waals surface area contributed by atoms with Gasteiger partial charge in [-0.05, 0) is 12.1 Å². The van der Waals surface area contributed by atoms with Crippen LogP contribution in [0, 0.1) is 11.3 Å². The summed E-state index contributed by atoms with van der Waals surface area (Å²) >= 11 is 0. The first kappa shape index (κ1) is 15.1. The van der Waals surface area contributed by atoms with Gasteiger partial charge in [0.25, 0.3) is 0 Å². The fraction of sp³-hybridized carbons (Fsp3) is 0.300. The Kier molecular flexibility index (Phi) is 6.55. The molecule has 0 saturated heterocycles. The number of nitriles is 1. The van der Waals surface area contributed by atoms with E-state index in [-0.39, 0.29) is 22.5 Å². The highest BCUT2D eigenvalue weighted by Gasteiger charge is 2.13. The van der Waals surface area contributed by atoms with Crippen molar-refractivity contribution in [1.82, 2.24) is 0 Å². The van der Waals surface area contributed by atoms with E-state index in [1.165, 1.54) is 18.2 Å². The van der Waals surface area contributed by atoms with Crippen LogP contribution in [0.25, 0.3) is 0 Å². The summed E-state index contributed by atoms with van der Waals surface area (Å²) in [6, 6.07) is 5.95. The van der Waals surface area contributed by atoms with Crippen LogP contribution in [0.3, 0.4) is 0 Å². The Hall–Kier alpha value is -1.91. The molecular formula is C10H12F2N2O3. The van der Waals surface area contributed by atoms with Gasteiger partial charge < -0.3 is 10.2 Å². The summed E-state index contributed by atoms with van der Waals surface area (Å²) in [5.41, 5.74) is 2.23. The summed E-state index contributed by atoms with van der Waals surface area (Å²) in [5, 5.41) is 17.4. The molecule has 4 N–H and O–H groups in total. The van der Waals surface area contributed by atoms with E-state index in [2.05, 4.69) is 0 Å². The van der Waals surface area contributed by atoms with E-state index in [0.717, 1.165) is 0 Å². The zero-order valence-electron chi connectivity index (χ0n) is 8.78. The lowest BCUT2D eigenvalue weighted by molar-refractivity contribution is 0.133. The van der Waals surface area contributed by atoms with E-state index in [9.17, 15) is 8.78 Å². The van der Waals surface area contributed by atoms with Gasteiger partial charge in [0.1, 0.15) is 24.8 Å². The summed E-state index contributed by atoms with van der Waals surface area (Å²) in [6.07, 6.45) is -1.24. The third kappa shape index (κ3) is 3.86. The molecular weight excluding hydrogens is 234 g/mol. The molecule has 5 nitrogen and oxygen atoms in total. The molecule has 0 unspecified atom stereocenters. The van der Waals surface area contributed by atoms with E-state index in [4.69, 9.17) is 15.2 Å². The average Bonchev–Trinajstić information content (AvgIpc) is 2.35. The highest BCUT2D eigenvalue weighted by Crippen LogP contribution is 2.26. The smallest absolute Gasteiger partial charge is 0.155 e. The third-order valence-electron chi connectivity index (χ3n) is 1.87. The minimum absolute atomic E-state index is 0. The number of nitrogens with zero attached hydrogens (tertiary/aromatic N) is 1. The maximum atomic E-state index is 12.2. The van der Waals surface area contributed by atoms with Crippen molar-refractivity contribution in [2.24, 2.45) is 0 Å². The molecule has 0 heterocycles. The second kappa shape index (κ2) is 7.38. The van der Waals surface area contributed by atoms with Crippen LogP contribution >= 0.6 is 0 Å². The van der Waals surface area contributed by atoms with Crippen molar-refractivity contribution in [1.29, 1.82) is 5.26 Å². The molecule has 0 aliphatic carbocycles. The molecule has 0 aliphatic rings. The Morgan fingerprint density at radius 2 is 2.06 bits per heavy atom. The van der Waals surface area contributed by atoms with Gasteiger partial charge in [-0.2, -0.15) is 5.26 Å². The molecule has 1 aromatic rings. The van der Waals surface area contributed by atoms with Gasteiger partial charge in [0.2, 0.25) is 0 Å². The zero-order valence-corrected chi connectivity index (χ0v) is 8.78. The van der Waals surface area contributed by atoms with Crippen molar-refractivity contribution in [2.75, 3.05) is 18.8 Å². The molecule has 0 aromatic heterocycles. The maximum absolute atomic E-state index is 12.2. The van der Waals surface area contributed by atoms with Crippen LogP contribution < -0.4 is 10.2 Å². The fourth-order valence-electron chi connectivity index (χ4n) is 1.07. The number of rotatable bonds is 5. The van der Waals surface area contributed by atoms with E-state index >= 15 is 0 Å². The van der Waals surface area contributed by atoms with Crippen molar-refractivity contribution < 1.29 is 24.2 Å². The molecule has 0 aliphatic heterocycles. The summed E-state index contributed by atoms with van der Waals surface area (Å²) in [4.78, 5) is 0. The van der Waals surface area contributed by atoms with Crippen LogP contribution in [-0.2, 0) is 0 Å². The number of ether oxygens (including phenoxy) is 1. The molecule has 0 bridgehead atoms. The standard InChI is InChI=1S/C10H10F2N2O2.H2O/c11-4-8(5-12)16-10-3-7(6-13)1-2-9(10)14-15;/h1-3,8,14-15H,4-5H2;1H2. The largest absolute Gasteiger partial charge is 0.483 e. The number of anilines is 1. The van der Waals surface area contributed by atoms with Gasteiger partial charge in [-0.3, -0.25) is 10.7 Å². The molecule has 17 heavy (non-hydrogen) atoms. The van der Waals surface area contributed by atoms with E-state index in [1.807, 2.05) is 11.5 Å². The van der Waals surface area contributed by atoms with Gasteiger partial charge in [0.05, 0.1) is 11.6 Å². The van der Waals surface area contributed by atoms with Crippen LogP contribution in [0.15, 0.2) is 18.2 Å². The van der Waals surface area contributed by atoms with Crippen LogP contribution in [0.5, 0.6) is 5.75 Å². The maximum Gasteiger partial charge on any atom is 0.155 e. The highest BCUT2D eigenvalue weighted by atomic mass is 19.1. The van der Waals surface area contributed by atoms with Gasteiger partial charge in [-0.1, -0.05) is 0 Å². The topological polar surface area (TPSA) is 96.8 Å². The van der Waals surface area contributed by atoms with Crippen LogP contribution in [-0.4, -0.2) is 30.1 Å². The van der Waals surface area contributed by atoms with Crippen molar-refractivity contribution >= 4 is 5.69 Å². The summed E-state index contributed by atoms with van der Waals surface area (Å²) < 4.78 is 29.5. The van der Waals surface area contributed by atoms with Crippen LogP contribution in [0.1, 0.15) is 5.56 Å². The second-order valence-corrected chi connectivity index (χ2v) is 2.98. The summed E-state index contributed by atoms with van der Waals surface area (Å²) in [6.45, 7) is -1.98. The second-order valence-electron chi connectivity index (χ2n) is 2.98. The normalized spacial score (nSPS) is 9.35. The van der Waals surface area contributed by atoms with Gasteiger partial charge in [-0.25, -0.2) is 8.78 Å². The Morgan fingerprint density at radius 3 is 2.53 bits per heavy atom. The van der Waals surface area contributed by atoms with E-state index < -0.39 is 19.5 Å². The summed E-state index contributed by atoms with van der Waals surface area (Å²) in [7, 11) is 0. The lowest BCUT2D eigenvalue weighted by atomic mass is 10.2. The number of halogens is 2. The number of hydrogen-bond donors (Lipinski definition) is 2. The summed E-state index contributed by atoms with van der Waals surface area (Å²) in [5.74, 6) is 0.0295. The van der Waals surface area contributed by atoms with E-state index in [0.29, 0.717) is 0 Å². The predicted molar refractivity (Wildman–Crippen MR) is 56.5 cm³/mol. The van der Waals surface area contributed by atoms with Gasteiger partial charge in [0, 0.05) is 6.07 Å². The number of benzene rings is 1. The molecule has 94 valence electrons. The molecule has 0 saturated carbocycles. The molecule has 0 spiro atoms. The zero-order chi connectivity index (χ0) is 12.0. The predicted octanol–water partition coefficient (Wildman–Crippen LogP) is 1.22. The Bertz CT molecular complexity index is 392. The monoisotopic (exact) mass is 246 g/mol. The first-order valence-electron chi connectivity index (χ1n) is 4.48. The van der Waals surface area contributed by atoms with Crippen LogP contribution in [0.2, 0.25) is 0 Å². The van der Waals surface area contributed by atoms with Crippen molar-refractivity contribution in [3.63, 3.8) is 0 Å². The lowest BCUT2D eigenvalue weighted by Crippen LogP contribution is -2.21. The first-order chi connectivity index (χ1) is 7.74. The SMILES string of the molecule is N#Cc1ccc(NO)c(OC(CF)CF)c1.O. The van der Waals surface area contributed by atoms with Crippen molar-refractivity contribution in [2.45, 2.75) is 6.10 Å². The fourth-order valence-corrected chi connectivity index (χ4v) is 1.07. The highest BCUT2D eigenvalue weighted by molar-refractivity contribution is 5.58. The number of alkyl halides is 2. The Morgan fingerprint density at radius 1 is 1.41 bits per heavy atom. The first-order valence-corrected chi connectivity index (χ1v) is 4.48. The Labute approximate surface area is 96.5 Å². The molecule has 0 radical (unpaired) electrons. The number of nitrogens with one attached hydrogen (secondary N) is 1. The lowest BCUT2D eigenvalue weighted by Gasteiger charge is -2.15. The van der Waals surface area contributed by atoms with Crippen molar-refractivity contribution in [3.8, 4) is 11.8 Å². The minimum Gasteiger partial charge on any atom is -0.483 e. The van der Waals surface area contributed by atoms with E-state index in [1.54, 1.807) is 0 Å². The molecule has 7 heteroatoms. The van der Waals surface area contributed by atoms with Gasteiger partial charge in [-0.15, -0.1) is 0 Å². The average molecular weight is 246 g/mol. The molecule has 0 fully saturated rings. The van der Waals surface area contributed by atoms with Gasteiger partial charge in [0.15, 0.2) is 6.10 Å². The molecule has 1 aromatic carbocycles. The molecule has 1 rings (SSSR count). The quantitative estimate of drug-likeness (QED) is 0.763. The molecule has 0 atom stereocenters. The third-order valence-corrected chi connectivity index (χ3v) is 1.87. The minimum atomic E-state index is -1.24.